The minimum atomic E-state index is 1.00. The molecule has 7 heteroatoms. The van der Waals surface area contributed by atoms with Gasteiger partial charge in [-0.1, -0.05) is 141 Å². The summed E-state index contributed by atoms with van der Waals surface area (Å²) in [4.78, 5) is 0. The first-order valence-corrected chi connectivity index (χ1v) is 14.1. The van der Waals surface area contributed by atoms with Crippen LogP contribution in [0.25, 0.3) is 0 Å². The van der Waals surface area contributed by atoms with Crippen molar-refractivity contribution in [3.8, 4) is 0 Å². The molecule has 0 amide bonds. The summed E-state index contributed by atoms with van der Waals surface area (Å²) in [6.45, 7) is 0. The lowest BCUT2D eigenvalue weighted by molar-refractivity contribution is 0.399. The maximum atomic E-state index is 7.00. The second-order valence-electron chi connectivity index (χ2n) is 7.78. The second-order valence-corrected chi connectivity index (χ2v) is 7.78. The van der Waals surface area contributed by atoms with E-state index >= 15 is 0 Å². The number of aliphatic hydroxyl groups excluding tert-OH is 7. The Morgan fingerprint density at radius 1 is 0.139 bits per heavy atom. The van der Waals surface area contributed by atoms with Gasteiger partial charge in [0.1, 0.15) is 0 Å². The molecule has 0 aliphatic heterocycles. The number of hydrogen-bond donors (Lipinski definition) is 7. The molecule has 0 unspecified atom stereocenters. The first-order chi connectivity index (χ1) is 18.0. The van der Waals surface area contributed by atoms with E-state index < -0.39 is 0 Å². The molecule has 1 fully saturated rings. The third-order valence-electron chi connectivity index (χ3n) is 5.50. The lowest BCUT2D eigenvalue weighted by Crippen LogP contribution is -1.85. The highest BCUT2D eigenvalue weighted by Gasteiger charge is 1.97. The lowest BCUT2D eigenvalue weighted by Gasteiger charge is -2.05. The minimum Gasteiger partial charge on any atom is -0.400 e. The van der Waals surface area contributed by atoms with E-state index in [0.29, 0.717) is 0 Å². The van der Waals surface area contributed by atoms with E-state index in [1.807, 2.05) is 0 Å². The Balaban J connectivity index is -0.000000103. The van der Waals surface area contributed by atoms with Gasteiger partial charge in [0.25, 0.3) is 0 Å². The Kier molecular flexibility index (Phi) is 121. The van der Waals surface area contributed by atoms with Crippen molar-refractivity contribution in [2.24, 2.45) is 0 Å². The largest absolute Gasteiger partial charge is 0.400 e. The van der Waals surface area contributed by atoms with Crippen LogP contribution in [-0.4, -0.2) is 85.5 Å². The van der Waals surface area contributed by atoms with Crippen LogP contribution in [-0.2, 0) is 0 Å². The van der Waals surface area contributed by atoms with Crippen molar-refractivity contribution in [1.82, 2.24) is 0 Å². The topological polar surface area (TPSA) is 142 Å². The fourth-order valence-electron chi connectivity index (χ4n) is 3.89. The van der Waals surface area contributed by atoms with Gasteiger partial charge in [0.15, 0.2) is 0 Å². The molecule has 1 rings (SSSR count). The van der Waals surface area contributed by atoms with Crippen LogP contribution in [0, 0.1) is 0 Å². The number of rotatable bonds is 0. The monoisotopic (exact) mass is 533 g/mol. The second kappa shape index (κ2) is 83.7. The van der Waals surface area contributed by atoms with Gasteiger partial charge in [0.05, 0.1) is 0 Å². The van der Waals surface area contributed by atoms with E-state index in [0.717, 1.165) is 49.8 Å². The molecule has 0 aromatic heterocycles. The average molecular weight is 533 g/mol. The van der Waals surface area contributed by atoms with Gasteiger partial charge in [0.2, 0.25) is 0 Å². The molecular weight excluding hydrogens is 460 g/mol. The molecule has 0 radical (unpaired) electrons. The van der Waals surface area contributed by atoms with Gasteiger partial charge in [-0.2, -0.15) is 0 Å². The molecule has 7 N–H and O–H groups in total. The predicted molar refractivity (Wildman–Crippen MR) is 159 cm³/mol. The zero-order valence-electron chi connectivity index (χ0n) is 25.7. The van der Waals surface area contributed by atoms with E-state index in [1.165, 1.54) is 141 Å². The smallest absolute Gasteiger partial charge is 0.0319 e. The number of hydrogen-bond acceptors (Lipinski definition) is 7. The summed E-state index contributed by atoms with van der Waals surface area (Å²) >= 11 is 0. The van der Waals surface area contributed by atoms with Crippen molar-refractivity contribution in [3.63, 3.8) is 0 Å². The highest BCUT2D eigenvalue weighted by Crippen LogP contribution is 2.16. The molecule has 1 saturated carbocycles. The average Bonchev–Trinajstić information content (AvgIpc) is 2.99. The van der Waals surface area contributed by atoms with Gasteiger partial charge in [-0.25, -0.2) is 0 Å². The summed E-state index contributed by atoms with van der Waals surface area (Å²) < 4.78 is 0. The van der Waals surface area contributed by atoms with Crippen molar-refractivity contribution in [2.45, 2.75) is 141 Å². The zero-order chi connectivity index (χ0) is 29.6. The maximum Gasteiger partial charge on any atom is 0.0319 e. The van der Waals surface area contributed by atoms with Crippen molar-refractivity contribution < 1.29 is 35.7 Å². The summed E-state index contributed by atoms with van der Waals surface area (Å²) in [5.74, 6) is 0. The normalized spacial score (nSPS) is 15.8. The van der Waals surface area contributed by atoms with Gasteiger partial charge in [-0.05, 0) is 0 Å². The molecule has 1 aliphatic carbocycles. The van der Waals surface area contributed by atoms with Crippen LogP contribution in [0.15, 0.2) is 0 Å². The van der Waals surface area contributed by atoms with Crippen LogP contribution in [0.2, 0.25) is 0 Å². The van der Waals surface area contributed by atoms with Gasteiger partial charge in [-0.3, -0.25) is 0 Å². The van der Waals surface area contributed by atoms with E-state index in [-0.39, 0.29) is 0 Å². The van der Waals surface area contributed by atoms with Crippen LogP contribution in [0.3, 0.4) is 0 Å². The van der Waals surface area contributed by atoms with E-state index in [1.54, 1.807) is 0 Å². The molecule has 0 aromatic carbocycles. The quantitative estimate of drug-likeness (QED) is 0.208. The third-order valence-corrected chi connectivity index (χ3v) is 5.50. The molecule has 1 aliphatic rings. The molecule has 0 spiro atoms. The first kappa shape index (κ1) is 52.2. The standard InChI is InChI=1S/C22H44.7CH4O/c1-2-4-6-8-10-12-14-16-18-20-22-21-19-17-15-13-11-9-7-5-3-1;7*1-2/h1-22H2;7*2H,1H3. The van der Waals surface area contributed by atoms with Crippen LogP contribution in [0.5, 0.6) is 0 Å². The minimum absolute atomic E-state index is 1.00. The molecular formula is C29H72O7. The lowest BCUT2D eigenvalue weighted by atomic mass is 10.0. The molecule has 36 heavy (non-hydrogen) atoms. The Morgan fingerprint density at radius 3 is 0.194 bits per heavy atom. The SMILES string of the molecule is C1CCCCCCCCCCCCCCCCCCCCC1.CO.CO.CO.CO.CO.CO.CO. The summed E-state index contributed by atoms with van der Waals surface area (Å²) in [5, 5.41) is 49.0. The molecule has 0 heterocycles. The zero-order valence-corrected chi connectivity index (χ0v) is 25.7. The summed E-state index contributed by atoms with van der Waals surface area (Å²) in [7, 11) is 7.00. The summed E-state index contributed by atoms with van der Waals surface area (Å²) in [6, 6.07) is 0. The first-order valence-electron chi connectivity index (χ1n) is 14.1. The third kappa shape index (κ3) is 76.5. The van der Waals surface area contributed by atoms with Crippen molar-refractivity contribution in [2.75, 3.05) is 49.8 Å². The van der Waals surface area contributed by atoms with Gasteiger partial charge in [-0.15, -0.1) is 0 Å². The summed E-state index contributed by atoms with van der Waals surface area (Å²) in [5.41, 5.74) is 0. The Labute approximate surface area is 227 Å². The Bertz CT molecular complexity index is 124. The maximum absolute atomic E-state index is 7.00. The Morgan fingerprint density at radius 2 is 0.167 bits per heavy atom. The van der Waals surface area contributed by atoms with Gasteiger partial charge < -0.3 is 35.7 Å². The van der Waals surface area contributed by atoms with E-state index in [2.05, 4.69) is 0 Å². The molecule has 230 valence electrons. The molecule has 0 bridgehead atoms. The van der Waals surface area contributed by atoms with E-state index in [4.69, 9.17) is 35.7 Å². The van der Waals surface area contributed by atoms with Crippen LogP contribution >= 0.6 is 0 Å². The van der Waals surface area contributed by atoms with E-state index in [9.17, 15) is 0 Å². The van der Waals surface area contributed by atoms with Gasteiger partial charge in [0, 0.05) is 49.8 Å². The van der Waals surface area contributed by atoms with Gasteiger partial charge >= 0.3 is 0 Å². The highest BCUT2D eigenvalue weighted by molar-refractivity contribution is 4.52. The fourth-order valence-corrected chi connectivity index (χ4v) is 3.89. The van der Waals surface area contributed by atoms with Crippen molar-refractivity contribution in [1.29, 1.82) is 0 Å². The Hall–Kier alpha value is -0.280. The van der Waals surface area contributed by atoms with Crippen LogP contribution in [0.1, 0.15) is 141 Å². The van der Waals surface area contributed by atoms with Crippen LogP contribution < -0.4 is 0 Å². The van der Waals surface area contributed by atoms with Crippen molar-refractivity contribution >= 4 is 0 Å². The number of aliphatic hydroxyl groups is 7. The van der Waals surface area contributed by atoms with Crippen LogP contribution in [0.4, 0.5) is 0 Å². The van der Waals surface area contributed by atoms with Crippen molar-refractivity contribution in [3.05, 3.63) is 0 Å². The predicted octanol–water partition coefficient (Wildman–Crippen LogP) is 5.84. The molecule has 0 aromatic rings. The summed E-state index contributed by atoms with van der Waals surface area (Å²) in [6.07, 6.45) is 33.0. The molecule has 0 saturated heterocycles. The molecule has 7 nitrogen and oxygen atoms in total. The fraction of sp³-hybridized carbons (Fsp3) is 1.00. The highest BCUT2D eigenvalue weighted by atomic mass is 16.2. The molecule has 0 atom stereocenters.